The summed E-state index contributed by atoms with van der Waals surface area (Å²) in [5, 5.41) is 28.2. The molecular formula is C6H15AsO3. The Kier molecular flexibility index (Phi) is 7.88. The van der Waals surface area contributed by atoms with E-state index in [1.54, 1.807) is 0 Å². The Morgan fingerprint density at radius 3 is 1.20 bits per heavy atom. The molecule has 0 spiro atoms. The van der Waals surface area contributed by atoms with Gasteiger partial charge in [-0.2, -0.15) is 0 Å². The second-order valence-corrected chi connectivity index (χ2v) is 7.64. The molecule has 0 aromatic heterocycles. The molecule has 0 rings (SSSR count). The minimum atomic E-state index is -1.05. The molecule has 0 saturated heterocycles. The molecule has 3 nitrogen and oxygen atoms in total. The van der Waals surface area contributed by atoms with Crippen LogP contribution >= 0.6 is 0 Å². The number of rotatable bonds is 6. The predicted molar refractivity (Wildman–Crippen MR) is 41.4 cm³/mol. The first-order valence-corrected chi connectivity index (χ1v) is 7.38. The van der Waals surface area contributed by atoms with E-state index in [0.29, 0.717) is 0 Å². The van der Waals surface area contributed by atoms with Crippen LogP contribution < -0.4 is 0 Å². The molecule has 0 aliphatic heterocycles. The summed E-state index contributed by atoms with van der Waals surface area (Å²) in [7, 11) is 0. The third kappa shape index (κ3) is 5.24. The molecule has 4 heteroatoms. The Morgan fingerprint density at radius 2 is 1.00 bits per heavy atom. The standard InChI is InChI=1S/C6H15AsO3/c8-4-1-7(2-5-9)3-6-10/h8-10H,1-6H2. The summed E-state index contributed by atoms with van der Waals surface area (Å²) in [5.41, 5.74) is 0. The van der Waals surface area contributed by atoms with E-state index in [0.717, 1.165) is 15.6 Å². The van der Waals surface area contributed by atoms with Crippen LogP contribution in [0.3, 0.4) is 0 Å². The molecule has 0 radical (unpaired) electrons. The Balaban J connectivity index is 3.30. The minimum absolute atomic E-state index is 0.208. The van der Waals surface area contributed by atoms with Gasteiger partial charge in [0.25, 0.3) is 0 Å². The summed E-state index contributed by atoms with van der Waals surface area (Å²) >= 11 is -1.05. The van der Waals surface area contributed by atoms with E-state index in [-0.39, 0.29) is 19.8 Å². The van der Waals surface area contributed by atoms with E-state index in [9.17, 15) is 0 Å². The third-order valence-electron chi connectivity index (χ3n) is 1.25. The van der Waals surface area contributed by atoms with E-state index >= 15 is 0 Å². The van der Waals surface area contributed by atoms with E-state index in [2.05, 4.69) is 0 Å². The van der Waals surface area contributed by atoms with Gasteiger partial charge < -0.3 is 0 Å². The van der Waals surface area contributed by atoms with Gasteiger partial charge in [-0.25, -0.2) is 0 Å². The maximum absolute atomic E-state index is 8.56. The van der Waals surface area contributed by atoms with Crippen LogP contribution in [0.15, 0.2) is 0 Å². The van der Waals surface area contributed by atoms with Crippen molar-refractivity contribution in [1.29, 1.82) is 0 Å². The second kappa shape index (κ2) is 7.54. The Hall–Kier alpha value is 0.438. The van der Waals surface area contributed by atoms with Crippen molar-refractivity contribution in [3.05, 3.63) is 0 Å². The van der Waals surface area contributed by atoms with Crippen molar-refractivity contribution >= 4 is 14.7 Å². The zero-order valence-electron chi connectivity index (χ0n) is 6.03. The van der Waals surface area contributed by atoms with Crippen LogP contribution in [0.4, 0.5) is 0 Å². The summed E-state index contributed by atoms with van der Waals surface area (Å²) in [6.45, 7) is 0.625. The van der Waals surface area contributed by atoms with E-state index in [4.69, 9.17) is 15.3 Å². The molecule has 0 fully saturated rings. The molecule has 0 atom stereocenters. The van der Waals surface area contributed by atoms with Crippen molar-refractivity contribution in [2.75, 3.05) is 19.8 Å². The van der Waals surface area contributed by atoms with Gasteiger partial charge in [-0.15, -0.1) is 0 Å². The van der Waals surface area contributed by atoms with Gasteiger partial charge >= 0.3 is 65.4 Å². The zero-order valence-corrected chi connectivity index (χ0v) is 7.91. The zero-order chi connectivity index (χ0) is 7.82. The van der Waals surface area contributed by atoms with Crippen molar-refractivity contribution < 1.29 is 15.3 Å². The maximum atomic E-state index is 8.56. The van der Waals surface area contributed by atoms with Crippen molar-refractivity contribution in [3.8, 4) is 0 Å². The number of hydrogen-bond donors (Lipinski definition) is 3. The van der Waals surface area contributed by atoms with Crippen molar-refractivity contribution in [2.24, 2.45) is 0 Å². The first-order valence-electron chi connectivity index (χ1n) is 3.40. The van der Waals surface area contributed by atoms with Crippen LogP contribution in [-0.4, -0.2) is 49.8 Å². The summed E-state index contributed by atoms with van der Waals surface area (Å²) < 4.78 is 0. The molecule has 0 saturated carbocycles. The number of aliphatic hydroxyl groups is 3. The SMILES string of the molecule is OCC[As](CCO)CCO. The van der Waals surface area contributed by atoms with Gasteiger partial charge in [-0.1, -0.05) is 0 Å². The van der Waals surface area contributed by atoms with Gasteiger partial charge in [0.15, 0.2) is 0 Å². The van der Waals surface area contributed by atoms with Crippen LogP contribution in [0, 0.1) is 0 Å². The summed E-state index contributed by atoms with van der Waals surface area (Å²) in [6, 6.07) is 0. The molecule has 0 unspecified atom stereocenters. The van der Waals surface area contributed by atoms with Gasteiger partial charge in [-0.3, -0.25) is 0 Å². The molecule has 0 amide bonds. The number of aliphatic hydroxyl groups excluding tert-OH is 3. The summed E-state index contributed by atoms with van der Waals surface area (Å²) in [4.78, 5) is 0. The fourth-order valence-electron chi connectivity index (χ4n) is 0.760. The van der Waals surface area contributed by atoms with Crippen LogP contribution in [0.2, 0.25) is 15.6 Å². The normalized spacial score (nSPS) is 10.8. The second-order valence-electron chi connectivity index (χ2n) is 2.01. The Morgan fingerprint density at radius 1 is 0.700 bits per heavy atom. The summed E-state index contributed by atoms with van der Waals surface area (Å²) in [5.74, 6) is 0. The van der Waals surface area contributed by atoms with Gasteiger partial charge in [0, 0.05) is 0 Å². The Bertz CT molecular complexity index is 55.7. The fourth-order valence-corrected chi connectivity index (χ4v) is 3.95. The third-order valence-corrected chi connectivity index (χ3v) is 6.49. The van der Waals surface area contributed by atoms with Crippen LogP contribution in [0.1, 0.15) is 0 Å². The van der Waals surface area contributed by atoms with Gasteiger partial charge in [-0.05, 0) is 0 Å². The molecular weight excluding hydrogens is 195 g/mol. The van der Waals surface area contributed by atoms with Gasteiger partial charge in [0.05, 0.1) is 0 Å². The van der Waals surface area contributed by atoms with E-state index in [1.807, 2.05) is 0 Å². The topological polar surface area (TPSA) is 60.7 Å². The Labute approximate surface area is 65.9 Å². The molecule has 0 aliphatic carbocycles. The molecule has 0 aromatic carbocycles. The van der Waals surface area contributed by atoms with Gasteiger partial charge in [0.1, 0.15) is 0 Å². The monoisotopic (exact) mass is 210 g/mol. The molecule has 62 valence electrons. The molecule has 3 N–H and O–H groups in total. The fraction of sp³-hybridized carbons (Fsp3) is 1.00. The first-order chi connectivity index (χ1) is 4.85. The predicted octanol–water partition coefficient (Wildman–Crippen LogP) is -0.542. The number of hydrogen-bond acceptors (Lipinski definition) is 3. The molecule has 0 aliphatic rings. The average Bonchev–Trinajstić information content (AvgIpc) is 1.90. The first kappa shape index (κ1) is 10.4. The van der Waals surface area contributed by atoms with E-state index < -0.39 is 14.7 Å². The van der Waals surface area contributed by atoms with E-state index in [1.165, 1.54) is 0 Å². The molecule has 10 heavy (non-hydrogen) atoms. The molecule has 0 aromatic rings. The van der Waals surface area contributed by atoms with Crippen molar-refractivity contribution in [2.45, 2.75) is 15.6 Å². The van der Waals surface area contributed by atoms with Gasteiger partial charge in [0.2, 0.25) is 0 Å². The molecule has 0 bridgehead atoms. The summed E-state index contributed by atoms with van der Waals surface area (Å²) in [6.07, 6.45) is 0. The van der Waals surface area contributed by atoms with Crippen molar-refractivity contribution in [1.82, 2.24) is 0 Å². The quantitative estimate of drug-likeness (QED) is 0.516. The van der Waals surface area contributed by atoms with Crippen LogP contribution in [0.5, 0.6) is 0 Å². The average molecular weight is 210 g/mol. The molecule has 0 heterocycles. The van der Waals surface area contributed by atoms with Crippen LogP contribution in [0.25, 0.3) is 0 Å². The van der Waals surface area contributed by atoms with Crippen LogP contribution in [-0.2, 0) is 0 Å². The van der Waals surface area contributed by atoms with Crippen molar-refractivity contribution in [3.63, 3.8) is 0 Å².